The number of nitrogens with one attached hydrogen (secondary N) is 1. The molecule has 1 aromatic heterocycles. The largest absolute Gasteiger partial charge is 0.496 e. The molecule has 1 N–H and O–H groups in total. The second-order valence-corrected chi connectivity index (χ2v) is 5.74. The van der Waals surface area contributed by atoms with E-state index in [0.717, 1.165) is 21.5 Å². The van der Waals surface area contributed by atoms with Gasteiger partial charge in [-0.1, -0.05) is 6.07 Å². The number of benzene rings is 1. The first-order valence-corrected chi connectivity index (χ1v) is 7.30. The summed E-state index contributed by atoms with van der Waals surface area (Å²) in [6, 6.07) is 8.26. The molecule has 4 heteroatoms. The molecule has 0 aliphatic rings. The highest BCUT2D eigenvalue weighted by Crippen LogP contribution is 2.33. The number of hydrogen-bond donors (Lipinski definition) is 1. The standard InChI is InChI=1S/C16H19BrN2O/c1-10-7-11(2)15(14(8-10)20-4)16(18-3)13-6-5-12(17)9-19-13/h5-9,16,18H,1-4H3. The van der Waals surface area contributed by atoms with Crippen LogP contribution in [0.25, 0.3) is 0 Å². The number of nitrogens with zero attached hydrogens (tertiary/aromatic N) is 1. The molecule has 3 nitrogen and oxygen atoms in total. The number of rotatable bonds is 4. The van der Waals surface area contributed by atoms with Crippen molar-refractivity contribution in [1.29, 1.82) is 0 Å². The Kier molecular flexibility index (Phi) is 4.78. The second kappa shape index (κ2) is 6.37. The third-order valence-corrected chi connectivity index (χ3v) is 3.81. The van der Waals surface area contributed by atoms with E-state index in [4.69, 9.17) is 4.74 Å². The molecule has 106 valence electrons. The Morgan fingerprint density at radius 1 is 1.25 bits per heavy atom. The minimum absolute atomic E-state index is 0.0126. The van der Waals surface area contributed by atoms with Gasteiger partial charge in [-0.15, -0.1) is 0 Å². The molecule has 0 aliphatic heterocycles. The van der Waals surface area contributed by atoms with Crippen LogP contribution in [0.15, 0.2) is 34.9 Å². The number of aromatic nitrogens is 1. The van der Waals surface area contributed by atoms with E-state index in [9.17, 15) is 0 Å². The van der Waals surface area contributed by atoms with Gasteiger partial charge in [0.2, 0.25) is 0 Å². The van der Waals surface area contributed by atoms with Gasteiger partial charge in [0.05, 0.1) is 18.8 Å². The summed E-state index contributed by atoms with van der Waals surface area (Å²) in [5.41, 5.74) is 4.50. The van der Waals surface area contributed by atoms with Crippen molar-refractivity contribution in [3.63, 3.8) is 0 Å². The van der Waals surface area contributed by atoms with E-state index < -0.39 is 0 Å². The molecule has 20 heavy (non-hydrogen) atoms. The topological polar surface area (TPSA) is 34.2 Å². The van der Waals surface area contributed by atoms with Crippen molar-refractivity contribution in [1.82, 2.24) is 10.3 Å². The van der Waals surface area contributed by atoms with Crippen molar-refractivity contribution in [3.05, 3.63) is 57.3 Å². The lowest BCUT2D eigenvalue weighted by Crippen LogP contribution is -2.20. The zero-order valence-corrected chi connectivity index (χ0v) is 13.8. The molecule has 2 aromatic rings. The second-order valence-electron chi connectivity index (χ2n) is 4.82. The maximum absolute atomic E-state index is 5.56. The highest BCUT2D eigenvalue weighted by atomic mass is 79.9. The van der Waals surface area contributed by atoms with Crippen LogP contribution in [0.4, 0.5) is 0 Å². The predicted molar refractivity (Wildman–Crippen MR) is 85.3 cm³/mol. The maximum Gasteiger partial charge on any atom is 0.124 e. The molecule has 1 unspecified atom stereocenters. The molecule has 0 spiro atoms. The van der Waals surface area contributed by atoms with Gasteiger partial charge < -0.3 is 10.1 Å². The summed E-state index contributed by atoms with van der Waals surface area (Å²) >= 11 is 3.42. The predicted octanol–water partition coefficient (Wildman–Crippen LogP) is 3.78. The van der Waals surface area contributed by atoms with Crippen molar-refractivity contribution in [2.75, 3.05) is 14.2 Å². The first-order chi connectivity index (χ1) is 9.56. The highest BCUT2D eigenvalue weighted by Gasteiger charge is 2.20. The van der Waals surface area contributed by atoms with Crippen molar-refractivity contribution < 1.29 is 4.74 Å². The molecule has 1 aromatic carbocycles. The van der Waals surface area contributed by atoms with Crippen LogP contribution in [0.5, 0.6) is 5.75 Å². The van der Waals surface area contributed by atoms with Gasteiger partial charge in [-0.3, -0.25) is 4.98 Å². The van der Waals surface area contributed by atoms with Crippen LogP contribution in [0.3, 0.4) is 0 Å². The van der Waals surface area contributed by atoms with Crippen LogP contribution in [0.2, 0.25) is 0 Å². The fraction of sp³-hybridized carbons (Fsp3) is 0.312. The van der Waals surface area contributed by atoms with Crippen molar-refractivity contribution >= 4 is 15.9 Å². The fourth-order valence-corrected chi connectivity index (χ4v) is 2.71. The Bertz CT molecular complexity index is 596. The van der Waals surface area contributed by atoms with Gasteiger partial charge in [-0.2, -0.15) is 0 Å². The third kappa shape index (κ3) is 3.02. The van der Waals surface area contributed by atoms with Gasteiger partial charge >= 0.3 is 0 Å². The van der Waals surface area contributed by atoms with Crippen molar-refractivity contribution in [2.24, 2.45) is 0 Å². The summed E-state index contributed by atoms with van der Waals surface area (Å²) < 4.78 is 6.53. The lowest BCUT2D eigenvalue weighted by molar-refractivity contribution is 0.404. The van der Waals surface area contributed by atoms with E-state index in [2.05, 4.69) is 52.2 Å². The van der Waals surface area contributed by atoms with Crippen LogP contribution in [0, 0.1) is 13.8 Å². The Morgan fingerprint density at radius 3 is 2.55 bits per heavy atom. The normalized spacial score (nSPS) is 12.2. The first kappa shape index (κ1) is 15.0. The molecule has 0 radical (unpaired) electrons. The number of hydrogen-bond acceptors (Lipinski definition) is 3. The minimum Gasteiger partial charge on any atom is -0.496 e. The Hall–Kier alpha value is -1.39. The van der Waals surface area contributed by atoms with Gasteiger partial charge in [0, 0.05) is 16.2 Å². The summed E-state index contributed by atoms with van der Waals surface area (Å²) in [4.78, 5) is 4.50. The van der Waals surface area contributed by atoms with E-state index in [1.807, 2.05) is 25.4 Å². The maximum atomic E-state index is 5.56. The molecular weight excluding hydrogens is 316 g/mol. The monoisotopic (exact) mass is 334 g/mol. The first-order valence-electron chi connectivity index (χ1n) is 6.50. The van der Waals surface area contributed by atoms with Crippen LogP contribution >= 0.6 is 15.9 Å². The summed E-state index contributed by atoms with van der Waals surface area (Å²) in [6.07, 6.45) is 1.82. The summed E-state index contributed by atoms with van der Waals surface area (Å²) in [7, 11) is 3.65. The van der Waals surface area contributed by atoms with E-state index in [1.54, 1.807) is 7.11 Å². The summed E-state index contributed by atoms with van der Waals surface area (Å²) in [5.74, 6) is 0.895. The van der Waals surface area contributed by atoms with Gasteiger partial charge in [-0.05, 0) is 66.2 Å². The molecule has 0 amide bonds. The molecule has 2 rings (SSSR count). The molecule has 0 aliphatic carbocycles. The Labute approximate surface area is 128 Å². The van der Waals surface area contributed by atoms with E-state index >= 15 is 0 Å². The zero-order valence-electron chi connectivity index (χ0n) is 12.2. The lowest BCUT2D eigenvalue weighted by Gasteiger charge is -2.22. The van der Waals surface area contributed by atoms with Crippen LogP contribution in [-0.4, -0.2) is 19.1 Å². The number of ether oxygens (including phenoxy) is 1. The smallest absolute Gasteiger partial charge is 0.124 e. The van der Waals surface area contributed by atoms with Crippen molar-refractivity contribution in [2.45, 2.75) is 19.9 Å². The van der Waals surface area contributed by atoms with Crippen LogP contribution in [-0.2, 0) is 0 Å². The Morgan fingerprint density at radius 2 is 2.00 bits per heavy atom. The summed E-state index contributed by atoms with van der Waals surface area (Å²) in [5, 5.41) is 3.33. The Balaban J connectivity index is 2.54. The third-order valence-electron chi connectivity index (χ3n) is 3.34. The molecule has 0 fully saturated rings. The molecule has 1 heterocycles. The number of halogens is 1. The number of aryl methyl sites for hydroxylation is 2. The van der Waals surface area contributed by atoms with Gasteiger partial charge in [0.1, 0.15) is 5.75 Å². The summed E-state index contributed by atoms with van der Waals surface area (Å²) in [6.45, 7) is 4.18. The van der Waals surface area contributed by atoms with Gasteiger partial charge in [0.15, 0.2) is 0 Å². The highest BCUT2D eigenvalue weighted by molar-refractivity contribution is 9.10. The van der Waals surface area contributed by atoms with Gasteiger partial charge in [-0.25, -0.2) is 0 Å². The minimum atomic E-state index is 0.0126. The van der Waals surface area contributed by atoms with Crippen LogP contribution in [0.1, 0.15) is 28.4 Å². The zero-order chi connectivity index (χ0) is 14.7. The van der Waals surface area contributed by atoms with E-state index in [-0.39, 0.29) is 6.04 Å². The fourth-order valence-electron chi connectivity index (χ4n) is 2.48. The lowest BCUT2D eigenvalue weighted by atomic mass is 9.95. The van der Waals surface area contributed by atoms with E-state index in [0.29, 0.717) is 0 Å². The molecule has 0 saturated carbocycles. The molecular formula is C16H19BrN2O. The quantitative estimate of drug-likeness (QED) is 0.923. The van der Waals surface area contributed by atoms with Gasteiger partial charge in [0.25, 0.3) is 0 Å². The average molecular weight is 335 g/mol. The number of pyridine rings is 1. The van der Waals surface area contributed by atoms with Crippen molar-refractivity contribution in [3.8, 4) is 5.75 Å². The number of methoxy groups -OCH3 is 1. The molecule has 1 atom stereocenters. The average Bonchev–Trinajstić information content (AvgIpc) is 2.43. The van der Waals surface area contributed by atoms with Crippen LogP contribution < -0.4 is 10.1 Å². The van der Waals surface area contributed by atoms with E-state index in [1.165, 1.54) is 11.1 Å². The molecule has 0 saturated heterocycles. The SMILES string of the molecule is CNC(c1ccc(Br)cn1)c1c(C)cc(C)cc1OC. The molecule has 0 bridgehead atoms.